The number of hydrogen-bond acceptors (Lipinski definition) is 1. The highest BCUT2D eigenvalue weighted by Crippen LogP contribution is 2.61. The quantitative estimate of drug-likeness (QED) is 0.236. The molecule has 0 aromatic heterocycles. The van der Waals surface area contributed by atoms with Gasteiger partial charge in [-0.3, -0.25) is 4.99 Å². The van der Waals surface area contributed by atoms with Crippen molar-refractivity contribution < 1.29 is 0 Å². The van der Waals surface area contributed by atoms with Crippen LogP contribution in [0.4, 0.5) is 5.69 Å². The van der Waals surface area contributed by atoms with Crippen LogP contribution in [-0.4, -0.2) is 5.71 Å². The molecular formula is C33H21N. The fraction of sp³-hybridized carbons (Fsp3) is 0.0606. The highest BCUT2D eigenvalue weighted by Gasteiger charge is 2.51. The van der Waals surface area contributed by atoms with Crippen LogP contribution in [-0.2, 0) is 11.8 Å². The van der Waals surface area contributed by atoms with Crippen molar-refractivity contribution in [2.75, 3.05) is 0 Å². The molecule has 1 nitrogen and oxygen atoms in total. The van der Waals surface area contributed by atoms with Crippen molar-refractivity contribution in [3.05, 3.63) is 143 Å². The average Bonchev–Trinajstić information content (AvgIpc) is 3.18. The SMILES string of the molecule is C1=C2C(=Nc3cc4ccccc4cc3C23c2ccccc2-c2ccccc23)Cc2ccccc21. The largest absolute Gasteiger partial charge is 0.252 e. The summed E-state index contributed by atoms with van der Waals surface area (Å²) in [5, 5.41) is 2.50. The van der Waals surface area contributed by atoms with Gasteiger partial charge in [0.15, 0.2) is 0 Å². The molecule has 0 saturated heterocycles. The molecule has 0 N–H and O–H groups in total. The maximum atomic E-state index is 5.33. The van der Waals surface area contributed by atoms with Gasteiger partial charge in [0.1, 0.15) is 0 Å². The van der Waals surface area contributed by atoms with Gasteiger partial charge >= 0.3 is 0 Å². The Morgan fingerprint density at radius 2 is 1.21 bits per heavy atom. The lowest BCUT2D eigenvalue weighted by Crippen LogP contribution is -2.37. The molecule has 0 fully saturated rings. The minimum absolute atomic E-state index is 0.364. The number of rotatable bonds is 0. The van der Waals surface area contributed by atoms with Gasteiger partial charge in [-0.15, -0.1) is 0 Å². The molecule has 8 rings (SSSR count). The van der Waals surface area contributed by atoms with Crippen molar-refractivity contribution in [3.8, 4) is 11.1 Å². The van der Waals surface area contributed by atoms with E-state index in [1.54, 1.807) is 0 Å². The Hall–Kier alpha value is -4.23. The number of hydrogen-bond donors (Lipinski definition) is 0. The van der Waals surface area contributed by atoms with Crippen molar-refractivity contribution in [1.82, 2.24) is 0 Å². The van der Waals surface area contributed by atoms with Crippen molar-refractivity contribution >= 4 is 28.2 Å². The zero-order chi connectivity index (χ0) is 22.3. The van der Waals surface area contributed by atoms with Gasteiger partial charge < -0.3 is 0 Å². The Balaban J connectivity index is 1.59. The van der Waals surface area contributed by atoms with Crippen LogP contribution in [0.1, 0.15) is 27.8 Å². The minimum Gasteiger partial charge on any atom is -0.252 e. The van der Waals surface area contributed by atoms with Crippen LogP contribution >= 0.6 is 0 Å². The third-order valence-electron chi connectivity index (χ3n) is 7.90. The van der Waals surface area contributed by atoms with Gasteiger partial charge in [-0.05, 0) is 73.5 Å². The van der Waals surface area contributed by atoms with Crippen LogP contribution in [0, 0.1) is 0 Å². The predicted molar refractivity (Wildman–Crippen MR) is 141 cm³/mol. The molecule has 0 saturated carbocycles. The molecule has 34 heavy (non-hydrogen) atoms. The standard InChI is InChI=1S/C33H21N/c1-3-11-23-19-31-29(17-21(23)9-1)33(30-18-22-10-2-4-12-24(22)20-32(30)34-31)27-15-7-5-13-25(27)26-14-6-8-16-28(26)33/h1-19H,20H2. The van der Waals surface area contributed by atoms with Crippen LogP contribution in [0.3, 0.4) is 0 Å². The van der Waals surface area contributed by atoms with E-state index in [0.29, 0.717) is 0 Å². The van der Waals surface area contributed by atoms with Crippen molar-refractivity contribution in [2.45, 2.75) is 11.8 Å². The first kappa shape index (κ1) is 18.2. The summed E-state index contributed by atoms with van der Waals surface area (Å²) >= 11 is 0. The Bertz CT molecular complexity index is 1690. The second-order valence-electron chi connectivity index (χ2n) is 9.55. The molecule has 1 heterocycles. The Kier molecular flexibility index (Phi) is 3.44. The number of benzene rings is 5. The fourth-order valence-corrected chi connectivity index (χ4v) is 6.50. The Labute approximate surface area is 198 Å². The average molecular weight is 432 g/mol. The van der Waals surface area contributed by atoms with Gasteiger partial charge in [-0.1, -0.05) is 97.1 Å². The van der Waals surface area contributed by atoms with Crippen LogP contribution < -0.4 is 0 Å². The van der Waals surface area contributed by atoms with Crippen LogP contribution in [0.5, 0.6) is 0 Å². The van der Waals surface area contributed by atoms with Crippen molar-refractivity contribution in [2.24, 2.45) is 4.99 Å². The van der Waals surface area contributed by atoms with Crippen LogP contribution in [0.15, 0.2) is 120 Å². The van der Waals surface area contributed by atoms with Gasteiger partial charge in [0.05, 0.1) is 16.8 Å². The van der Waals surface area contributed by atoms with Crippen LogP contribution in [0.2, 0.25) is 0 Å². The van der Waals surface area contributed by atoms with Crippen molar-refractivity contribution in [1.29, 1.82) is 0 Å². The normalized spacial score (nSPS) is 16.1. The van der Waals surface area contributed by atoms with Crippen LogP contribution in [0.25, 0.3) is 28.0 Å². The van der Waals surface area contributed by atoms with Crippen molar-refractivity contribution in [3.63, 3.8) is 0 Å². The van der Waals surface area contributed by atoms with E-state index >= 15 is 0 Å². The molecular weight excluding hydrogens is 410 g/mol. The monoisotopic (exact) mass is 431 g/mol. The first-order valence-corrected chi connectivity index (χ1v) is 11.9. The smallest absolute Gasteiger partial charge is 0.0752 e. The summed E-state index contributed by atoms with van der Waals surface area (Å²) in [6.45, 7) is 0. The summed E-state index contributed by atoms with van der Waals surface area (Å²) in [5.74, 6) is 0. The summed E-state index contributed by atoms with van der Waals surface area (Å²) in [6, 6.07) is 40.1. The first-order valence-electron chi connectivity index (χ1n) is 11.9. The van der Waals surface area contributed by atoms with E-state index < -0.39 is 0 Å². The molecule has 2 aliphatic carbocycles. The highest BCUT2D eigenvalue weighted by molar-refractivity contribution is 6.16. The van der Waals surface area contributed by atoms with E-state index in [2.05, 4.69) is 115 Å². The summed E-state index contributed by atoms with van der Waals surface area (Å²) in [4.78, 5) is 5.33. The molecule has 0 atom stereocenters. The predicted octanol–water partition coefficient (Wildman–Crippen LogP) is 7.88. The zero-order valence-electron chi connectivity index (χ0n) is 18.6. The lowest BCUT2D eigenvalue weighted by atomic mass is 9.62. The molecule has 0 unspecified atom stereocenters. The van der Waals surface area contributed by atoms with E-state index in [4.69, 9.17) is 4.99 Å². The number of fused-ring (bicyclic) bond motifs is 11. The van der Waals surface area contributed by atoms with Gasteiger partial charge in [0, 0.05) is 6.42 Å². The second kappa shape index (κ2) is 6.42. The number of allylic oxidation sites excluding steroid dienone is 1. The molecule has 1 aliphatic heterocycles. The van der Waals surface area contributed by atoms with Gasteiger partial charge in [-0.2, -0.15) is 0 Å². The maximum Gasteiger partial charge on any atom is 0.0752 e. The summed E-state index contributed by atoms with van der Waals surface area (Å²) in [5.41, 5.74) is 12.6. The summed E-state index contributed by atoms with van der Waals surface area (Å²) in [7, 11) is 0. The third-order valence-corrected chi connectivity index (χ3v) is 7.90. The molecule has 5 aromatic carbocycles. The second-order valence-corrected chi connectivity index (χ2v) is 9.55. The lowest BCUT2D eigenvalue weighted by molar-refractivity contribution is 0.769. The lowest BCUT2D eigenvalue weighted by Gasteiger charge is -2.41. The third kappa shape index (κ3) is 2.17. The molecule has 0 radical (unpaired) electrons. The molecule has 0 bridgehead atoms. The summed E-state index contributed by atoms with van der Waals surface area (Å²) < 4.78 is 0. The van der Waals surface area contributed by atoms with E-state index in [-0.39, 0.29) is 5.41 Å². The highest BCUT2D eigenvalue weighted by atomic mass is 14.8. The van der Waals surface area contributed by atoms with E-state index in [1.807, 2.05) is 0 Å². The Morgan fingerprint density at radius 3 is 1.97 bits per heavy atom. The summed E-state index contributed by atoms with van der Waals surface area (Å²) in [6.07, 6.45) is 3.27. The van der Waals surface area contributed by atoms with Gasteiger partial charge in [-0.25, -0.2) is 0 Å². The molecule has 158 valence electrons. The van der Waals surface area contributed by atoms with E-state index in [9.17, 15) is 0 Å². The zero-order valence-corrected chi connectivity index (χ0v) is 18.6. The van der Waals surface area contributed by atoms with E-state index in [1.165, 1.54) is 61.0 Å². The maximum absolute atomic E-state index is 5.33. The molecule has 3 aliphatic rings. The topological polar surface area (TPSA) is 12.4 Å². The Morgan fingerprint density at radius 1 is 0.588 bits per heavy atom. The van der Waals surface area contributed by atoms with Gasteiger partial charge in [0.2, 0.25) is 0 Å². The number of nitrogens with zero attached hydrogens (tertiary/aromatic N) is 1. The number of aliphatic imine (C=N–C) groups is 1. The van der Waals surface area contributed by atoms with E-state index in [0.717, 1.165) is 12.1 Å². The fourth-order valence-electron chi connectivity index (χ4n) is 6.50. The first-order chi connectivity index (χ1) is 16.8. The molecule has 1 heteroatoms. The molecule has 5 aromatic rings. The van der Waals surface area contributed by atoms with Gasteiger partial charge in [0.25, 0.3) is 0 Å². The molecule has 1 spiro atoms. The minimum atomic E-state index is -0.364. The molecule has 0 amide bonds.